The first kappa shape index (κ1) is 16.4. The van der Waals surface area contributed by atoms with Crippen LogP contribution in [0.1, 0.15) is 11.1 Å². The molecule has 116 valence electrons. The molecule has 0 fully saturated rings. The van der Waals surface area contributed by atoms with Crippen LogP contribution in [0.25, 0.3) is 10.9 Å². The lowest BCUT2D eigenvalue weighted by Crippen LogP contribution is -2.17. The van der Waals surface area contributed by atoms with Crippen LogP contribution in [-0.2, 0) is 13.0 Å². The van der Waals surface area contributed by atoms with E-state index in [1.807, 2.05) is 18.2 Å². The SMILES string of the molecule is COc1ccccc1CNCCc1c[nH]c2ccccc12.Cl. The maximum atomic E-state index is 5.36. The molecule has 1 aromatic heterocycles. The summed E-state index contributed by atoms with van der Waals surface area (Å²) in [5, 5.41) is 4.80. The second-order valence-corrected chi connectivity index (χ2v) is 5.10. The van der Waals surface area contributed by atoms with Crippen LogP contribution in [0.5, 0.6) is 5.75 Å². The van der Waals surface area contributed by atoms with E-state index >= 15 is 0 Å². The summed E-state index contributed by atoms with van der Waals surface area (Å²) in [6, 6.07) is 16.6. The van der Waals surface area contributed by atoms with Gasteiger partial charge in [-0.05, 0) is 30.7 Å². The van der Waals surface area contributed by atoms with Gasteiger partial charge in [0, 0.05) is 29.2 Å². The summed E-state index contributed by atoms with van der Waals surface area (Å²) in [6.45, 7) is 1.77. The highest BCUT2D eigenvalue weighted by molar-refractivity contribution is 5.85. The number of aromatic amines is 1. The Balaban J connectivity index is 0.00000176. The number of halogens is 1. The summed E-state index contributed by atoms with van der Waals surface area (Å²) in [4.78, 5) is 3.32. The lowest BCUT2D eigenvalue weighted by atomic mass is 10.1. The molecule has 3 nitrogen and oxygen atoms in total. The van der Waals surface area contributed by atoms with Crippen molar-refractivity contribution in [3.63, 3.8) is 0 Å². The van der Waals surface area contributed by atoms with Crippen molar-refractivity contribution >= 4 is 23.3 Å². The second-order valence-electron chi connectivity index (χ2n) is 5.10. The van der Waals surface area contributed by atoms with Crippen LogP contribution in [-0.4, -0.2) is 18.6 Å². The fourth-order valence-corrected chi connectivity index (χ4v) is 2.63. The summed E-state index contributed by atoms with van der Waals surface area (Å²) in [6.07, 6.45) is 3.12. The fraction of sp³-hybridized carbons (Fsp3) is 0.222. The maximum Gasteiger partial charge on any atom is 0.123 e. The van der Waals surface area contributed by atoms with E-state index in [4.69, 9.17) is 4.74 Å². The third-order valence-electron chi connectivity index (χ3n) is 3.75. The zero-order valence-corrected chi connectivity index (χ0v) is 13.5. The van der Waals surface area contributed by atoms with Gasteiger partial charge in [-0.1, -0.05) is 36.4 Å². The Kier molecular flexibility index (Phi) is 5.87. The molecule has 1 heterocycles. The largest absolute Gasteiger partial charge is 0.496 e. The van der Waals surface area contributed by atoms with Crippen molar-refractivity contribution in [2.45, 2.75) is 13.0 Å². The number of nitrogens with one attached hydrogen (secondary N) is 2. The summed E-state index contributed by atoms with van der Waals surface area (Å²) >= 11 is 0. The van der Waals surface area contributed by atoms with E-state index in [0.717, 1.165) is 25.3 Å². The van der Waals surface area contributed by atoms with E-state index in [0.29, 0.717) is 0 Å². The van der Waals surface area contributed by atoms with Gasteiger partial charge in [0.25, 0.3) is 0 Å². The lowest BCUT2D eigenvalue weighted by molar-refractivity contribution is 0.408. The minimum absolute atomic E-state index is 0. The highest BCUT2D eigenvalue weighted by Crippen LogP contribution is 2.18. The highest BCUT2D eigenvalue weighted by Gasteiger charge is 2.03. The molecule has 0 aliphatic carbocycles. The molecular weight excluding hydrogens is 296 g/mol. The van der Waals surface area contributed by atoms with Crippen LogP contribution < -0.4 is 10.1 Å². The number of fused-ring (bicyclic) bond motifs is 1. The Bertz CT molecular complexity index is 724. The molecule has 0 atom stereocenters. The first-order chi connectivity index (χ1) is 10.4. The third kappa shape index (κ3) is 3.62. The molecule has 3 rings (SSSR count). The van der Waals surface area contributed by atoms with Gasteiger partial charge in [0.05, 0.1) is 7.11 Å². The number of para-hydroxylation sites is 2. The number of hydrogen-bond acceptors (Lipinski definition) is 2. The molecular formula is C18H21ClN2O. The van der Waals surface area contributed by atoms with E-state index in [-0.39, 0.29) is 12.4 Å². The van der Waals surface area contributed by atoms with Crippen LogP contribution in [0.15, 0.2) is 54.7 Å². The zero-order chi connectivity index (χ0) is 14.5. The number of methoxy groups -OCH3 is 1. The van der Waals surface area contributed by atoms with E-state index in [2.05, 4.69) is 46.8 Å². The van der Waals surface area contributed by atoms with Crippen LogP contribution in [0, 0.1) is 0 Å². The summed E-state index contributed by atoms with van der Waals surface area (Å²) < 4.78 is 5.36. The lowest BCUT2D eigenvalue weighted by Gasteiger charge is -2.09. The summed E-state index contributed by atoms with van der Waals surface area (Å²) in [5.74, 6) is 0.942. The average Bonchev–Trinajstić information content (AvgIpc) is 2.95. The molecule has 2 aromatic carbocycles. The van der Waals surface area contributed by atoms with Gasteiger partial charge in [0.1, 0.15) is 5.75 Å². The summed E-state index contributed by atoms with van der Waals surface area (Å²) in [5.41, 5.74) is 3.76. The van der Waals surface area contributed by atoms with Crippen molar-refractivity contribution in [3.05, 3.63) is 65.9 Å². The van der Waals surface area contributed by atoms with Crippen molar-refractivity contribution in [2.24, 2.45) is 0 Å². The van der Waals surface area contributed by atoms with Crippen molar-refractivity contribution in [3.8, 4) is 5.75 Å². The quantitative estimate of drug-likeness (QED) is 0.676. The van der Waals surface area contributed by atoms with Crippen molar-refractivity contribution in [1.29, 1.82) is 0 Å². The number of hydrogen-bond donors (Lipinski definition) is 2. The van der Waals surface area contributed by atoms with Gasteiger partial charge in [0.2, 0.25) is 0 Å². The Morgan fingerprint density at radius 1 is 1.00 bits per heavy atom. The number of benzene rings is 2. The number of ether oxygens (including phenoxy) is 1. The normalized spacial score (nSPS) is 10.4. The standard InChI is InChI=1S/C18H20N2O.ClH/c1-21-18-9-5-2-6-15(18)12-19-11-10-14-13-20-17-8-4-3-7-16(14)17;/h2-9,13,19-20H,10-12H2,1H3;1H. The van der Waals surface area contributed by atoms with Crippen molar-refractivity contribution in [2.75, 3.05) is 13.7 Å². The van der Waals surface area contributed by atoms with E-state index in [1.54, 1.807) is 7.11 Å². The molecule has 0 unspecified atom stereocenters. The van der Waals surface area contributed by atoms with Gasteiger partial charge in [-0.25, -0.2) is 0 Å². The molecule has 0 aliphatic rings. The predicted molar refractivity (Wildman–Crippen MR) is 94.0 cm³/mol. The summed E-state index contributed by atoms with van der Waals surface area (Å²) in [7, 11) is 1.71. The first-order valence-corrected chi connectivity index (χ1v) is 7.26. The molecule has 3 aromatic rings. The Hall–Kier alpha value is -1.97. The van der Waals surface area contributed by atoms with Crippen LogP contribution in [0.3, 0.4) is 0 Å². The zero-order valence-electron chi connectivity index (χ0n) is 12.6. The molecule has 0 saturated heterocycles. The van der Waals surface area contributed by atoms with Gasteiger partial charge in [-0.15, -0.1) is 12.4 Å². The minimum Gasteiger partial charge on any atom is -0.496 e. The van der Waals surface area contributed by atoms with Gasteiger partial charge >= 0.3 is 0 Å². The third-order valence-corrected chi connectivity index (χ3v) is 3.75. The van der Waals surface area contributed by atoms with Crippen LogP contribution >= 0.6 is 12.4 Å². The van der Waals surface area contributed by atoms with Gasteiger partial charge in [-0.3, -0.25) is 0 Å². The van der Waals surface area contributed by atoms with Gasteiger partial charge in [-0.2, -0.15) is 0 Å². The minimum atomic E-state index is 0. The van der Waals surface area contributed by atoms with E-state index in [1.165, 1.54) is 22.0 Å². The molecule has 22 heavy (non-hydrogen) atoms. The highest BCUT2D eigenvalue weighted by atomic mass is 35.5. The second kappa shape index (κ2) is 7.87. The molecule has 0 saturated carbocycles. The van der Waals surface area contributed by atoms with Crippen molar-refractivity contribution < 1.29 is 4.74 Å². The van der Waals surface area contributed by atoms with Crippen LogP contribution in [0.4, 0.5) is 0 Å². The molecule has 0 radical (unpaired) electrons. The average molecular weight is 317 g/mol. The van der Waals surface area contributed by atoms with E-state index in [9.17, 15) is 0 Å². The molecule has 0 amide bonds. The van der Waals surface area contributed by atoms with Crippen molar-refractivity contribution in [1.82, 2.24) is 10.3 Å². The van der Waals surface area contributed by atoms with Crippen LogP contribution in [0.2, 0.25) is 0 Å². The number of rotatable bonds is 6. The molecule has 0 spiro atoms. The smallest absolute Gasteiger partial charge is 0.123 e. The van der Waals surface area contributed by atoms with E-state index < -0.39 is 0 Å². The molecule has 0 aliphatic heterocycles. The van der Waals surface area contributed by atoms with Gasteiger partial charge in [0.15, 0.2) is 0 Å². The Labute approximate surface area is 137 Å². The molecule has 2 N–H and O–H groups in total. The van der Waals surface area contributed by atoms with Gasteiger partial charge < -0.3 is 15.0 Å². The molecule has 0 bridgehead atoms. The fourth-order valence-electron chi connectivity index (χ4n) is 2.63. The topological polar surface area (TPSA) is 37.0 Å². The maximum absolute atomic E-state index is 5.36. The number of H-pyrrole nitrogens is 1. The first-order valence-electron chi connectivity index (χ1n) is 7.26. The monoisotopic (exact) mass is 316 g/mol. The Morgan fingerprint density at radius 3 is 2.64 bits per heavy atom. The molecule has 4 heteroatoms. The predicted octanol–water partition coefficient (Wildman–Crippen LogP) is 3.93. The Morgan fingerprint density at radius 2 is 1.77 bits per heavy atom. The number of aromatic nitrogens is 1.